The van der Waals surface area contributed by atoms with E-state index in [2.05, 4.69) is 10.3 Å². The number of nitrogens with zero attached hydrogens (tertiary/aromatic N) is 4. The number of ether oxygens (including phenoxy) is 2. The average molecular weight is 648 g/mol. The van der Waals surface area contributed by atoms with Crippen molar-refractivity contribution in [2.45, 2.75) is 67.0 Å². The number of nitrogens with one attached hydrogen (secondary N) is 1. The molecule has 3 aromatic rings. The van der Waals surface area contributed by atoms with Crippen molar-refractivity contribution in [2.24, 2.45) is 16.3 Å². The Hall–Kier alpha value is -3.64. The summed E-state index contributed by atoms with van der Waals surface area (Å²) in [5.41, 5.74) is 2.01. The van der Waals surface area contributed by atoms with Crippen molar-refractivity contribution in [1.29, 1.82) is 0 Å². The molecule has 2 aromatic heterocycles. The fraction of sp³-hybridized carbons (Fsp3) is 0.452. The largest absolute Gasteiger partial charge is 0.466 e. The molecule has 2 aliphatic rings. The third-order valence-corrected chi connectivity index (χ3v) is 8.64. The topological polar surface area (TPSA) is 108 Å². The monoisotopic (exact) mass is 647 g/mol. The number of aryl methyl sites for hydroxylation is 1. The molecule has 1 aliphatic carbocycles. The first-order chi connectivity index (χ1) is 20.5. The van der Waals surface area contributed by atoms with Gasteiger partial charge in [-0.2, -0.15) is 5.10 Å². The highest BCUT2D eigenvalue weighted by molar-refractivity contribution is 7.11. The van der Waals surface area contributed by atoms with Gasteiger partial charge in [-0.05, 0) is 58.6 Å². The quantitative estimate of drug-likeness (QED) is 0.217. The van der Waals surface area contributed by atoms with Crippen LogP contribution in [-0.4, -0.2) is 45.8 Å². The molecule has 0 fully saturated rings. The van der Waals surface area contributed by atoms with E-state index >= 15 is 0 Å². The zero-order chi connectivity index (χ0) is 30.9. The van der Waals surface area contributed by atoms with Gasteiger partial charge >= 0.3 is 11.9 Å². The Labute approximate surface area is 264 Å². The van der Waals surface area contributed by atoms with Crippen LogP contribution in [0.15, 0.2) is 46.2 Å². The number of rotatable bonds is 9. The van der Waals surface area contributed by atoms with E-state index in [1.54, 1.807) is 30.1 Å². The van der Waals surface area contributed by atoms with Gasteiger partial charge < -0.3 is 14.8 Å². The highest BCUT2D eigenvalue weighted by Crippen LogP contribution is 2.41. The van der Waals surface area contributed by atoms with Crippen LogP contribution in [-0.2, 0) is 38.4 Å². The normalized spacial score (nSPS) is 18.1. The fourth-order valence-electron chi connectivity index (χ4n) is 5.43. The van der Waals surface area contributed by atoms with Crippen LogP contribution >= 0.6 is 22.9 Å². The van der Waals surface area contributed by atoms with E-state index in [4.69, 9.17) is 31.2 Å². The molecule has 236 valence electrons. The fourth-order valence-corrected chi connectivity index (χ4v) is 6.28. The van der Waals surface area contributed by atoms with Crippen LogP contribution < -0.4 is 5.32 Å². The molecule has 13 heteroatoms. The molecule has 1 aromatic carbocycles. The first-order valence-corrected chi connectivity index (χ1v) is 15.3. The van der Waals surface area contributed by atoms with E-state index in [-0.39, 0.29) is 37.1 Å². The van der Waals surface area contributed by atoms with E-state index in [0.717, 1.165) is 17.3 Å². The number of hydrogen-bond donors (Lipinski definition) is 1. The Morgan fingerprint density at radius 2 is 1.95 bits per heavy atom. The number of carbonyl (C=O) groups excluding carboxylic acids is 2. The van der Waals surface area contributed by atoms with Crippen molar-refractivity contribution < 1.29 is 27.8 Å². The van der Waals surface area contributed by atoms with Gasteiger partial charge in [0.2, 0.25) is 0 Å². The molecule has 0 saturated carbocycles. The zero-order valence-electron chi connectivity index (χ0n) is 24.2. The van der Waals surface area contributed by atoms with Crippen LogP contribution in [0.1, 0.15) is 69.4 Å². The molecule has 0 bridgehead atoms. The molecule has 2 unspecified atom stereocenters. The van der Waals surface area contributed by atoms with Gasteiger partial charge in [-0.3, -0.25) is 14.5 Å². The second kappa shape index (κ2) is 13.6. The lowest BCUT2D eigenvalue weighted by Crippen LogP contribution is -2.38. The Morgan fingerprint density at radius 3 is 2.64 bits per heavy atom. The van der Waals surface area contributed by atoms with Crippen LogP contribution in [0.4, 0.5) is 8.78 Å². The molecule has 3 heterocycles. The molecule has 0 spiro atoms. The SMILES string of the molecule is C.CCOC(=O)C1=C(C2CCc3nn(CC(C)(C)C(=O)OCC)cc3C2)NC(c2nccs2)=NC1c1ccc(F)c(F)c1Cl. The Morgan fingerprint density at radius 1 is 1.20 bits per heavy atom. The standard InChI is InChI=1S/C30H32ClF2N5O4S.CH4/c1-5-41-28(39)21-24(16-7-10-20-17(13-16)14-38(37-20)15-30(3,4)29(40)42-6-2)35-26(27-34-11-12-43-27)36-25(21)18-8-9-19(32)23(33)22(18)31;/h8-9,11-12,14,16,25H,5-7,10,13,15H2,1-4H3,(H,35,36);1H4. The van der Waals surface area contributed by atoms with Gasteiger partial charge in [0.05, 0.1) is 41.5 Å². The minimum absolute atomic E-state index is 0. The number of halogens is 3. The highest BCUT2D eigenvalue weighted by atomic mass is 35.5. The van der Waals surface area contributed by atoms with Crippen molar-refractivity contribution in [3.05, 3.63) is 79.7 Å². The third kappa shape index (κ3) is 6.56. The number of aliphatic imine (C=N–C) groups is 1. The van der Waals surface area contributed by atoms with E-state index in [1.807, 2.05) is 20.0 Å². The minimum Gasteiger partial charge on any atom is -0.466 e. The number of amidine groups is 1. The summed E-state index contributed by atoms with van der Waals surface area (Å²) in [6.07, 6.45) is 5.35. The summed E-state index contributed by atoms with van der Waals surface area (Å²) in [4.78, 5) is 35.1. The number of thiazole rings is 1. The lowest BCUT2D eigenvalue weighted by atomic mass is 9.81. The summed E-state index contributed by atoms with van der Waals surface area (Å²) in [7, 11) is 0. The first-order valence-electron chi connectivity index (χ1n) is 14.1. The number of esters is 2. The summed E-state index contributed by atoms with van der Waals surface area (Å²) < 4.78 is 41.2. The number of aromatic nitrogens is 3. The summed E-state index contributed by atoms with van der Waals surface area (Å²) in [6.45, 7) is 7.85. The van der Waals surface area contributed by atoms with Gasteiger partial charge in [0.25, 0.3) is 0 Å². The maximum atomic E-state index is 14.7. The maximum absolute atomic E-state index is 14.7. The molecule has 9 nitrogen and oxygen atoms in total. The second-order valence-electron chi connectivity index (χ2n) is 11.0. The number of allylic oxidation sites excluding steroid dienone is 1. The van der Waals surface area contributed by atoms with Crippen LogP contribution in [0, 0.1) is 23.0 Å². The average Bonchev–Trinajstić information content (AvgIpc) is 3.65. The van der Waals surface area contributed by atoms with E-state index in [1.165, 1.54) is 17.4 Å². The smallest absolute Gasteiger partial charge is 0.338 e. The van der Waals surface area contributed by atoms with Gasteiger partial charge in [0.1, 0.15) is 6.04 Å². The van der Waals surface area contributed by atoms with Gasteiger partial charge in [0.15, 0.2) is 22.5 Å². The Balaban J connectivity index is 0.00000442. The number of carbonyl (C=O) groups is 2. The highest BCUT2D eigenvalue weighted by Gasteiger charge is 2.39. The first kappa shape index (κ1) is 33.3. The molecular weight excluding hydrogens is 612 g/mol. The Bertz CT molecular complexity index is 1600. The lowest BCUT2D eigenvalue weighted by molar-refractivity contribution is -0.154. The zero-order valence-corrected chi connectivity index (χ0v) is 25.8. The number of hydrogen-bond acceptors (Lipinski definition) is 9. The lowest BCUT2D eigenvalue weighted by Gasteiger charge is -2.33. The minimum atomic E-state index is -1.21. The second-order valence-corrected chi connectivity index (χ2v) is 12.3. The molecule has 0 amide bonds. The summed E-state index contributed by atoms with van der Waals surface area (Å²) >= 11 is 7.66. The van der Waals surface area contributed by atoms with E-state index in [0.29, 0.717) is 49.0 Å². The molecule has 2 atom stereocenters. The number of fused-ring (bicyclic) bond motifs is 1. The van der Waals surface area contributed by atoms with Gasteiger partial charge in [0, 0.05) is 35.0 Å². The van der Waals surface area contributed by atoms with Crippen molar-refractivity contribution in [3.63, 3.8) is 0 Å². The molecule has 1 aliphatic heterocycles. The van der Waals surface area contributed by atoms with Gasteiger partial charge in [-0.15, -0.1) is 11.3 Å². The van der Waals surface area contributed by atoms with Crippen LogP contribution in [0.5, 0.6) is 0 Å². The predicted octanol–water partition coefficient (Wildman–Crippen LogP) is 6.21. The van der Waals surface area contributed by atoms with Gasteiger partial charge in [-0.1, -0.05) is 25.1 Å². The van der Waals surface area contributed by atoms with Crippen LogP contribution in [0.3, 0.4) is 0 Å². The predicted molar refractivity (Wildman–Crippen MR) is 164 cm³/mol. The molecule has 0 saturated heterocycles. The maximum Gasteiger partial charge on any atom is 0.338 e. The number of benzene rings is 1. The summed E-state index contributed by atoms with van der Waals surface area (Å²) in [6, 6.07) is 1.25. The summed E-state index contributed by atoms with van der Waals surface area (Å²) in [5, 5.41) is 9.99. The van der Waals surface area contributed by atoms with Crippen LogP contribution in [0.2, 0.25) is 5.02 Å². The third-order valence-electron chi connectivity index (χ3n) is 7.48. The van der Waals surface area contributed by atoms with Gasteiger partial charge in [-0.25, -0.2) is 18.6 Å². The van der Waals surface area contributed by atoms with Crippen molar-refractivity contribution in [3.8, 4) is 0 Å². The molecular formula is C31H36ClF2N5O4S. The van der Waals surface area contributed by atoms with Crippen molar-refractivity contribution >= 4 is 40.7 Å². The molecule has 5 rings (SSSR count). The van der Waals surface area contributed by atoms with Crippen molar-refractivity contribution in [1.82, 2.24) is 20.1 Å². The molecule has 1 N–H and O–H groups in total. The molecule has 0 radical (unpaired) electrons. The van der Waals surface area contributed by atoms with Crippen LogP contribution in [0.25, 0.3) is 0 Å². The van der Waals surface area contributed by atoms with E-state index < -0.39 is 34.1 Å². The summed E-state index contributed by atoms with van der Waals surface area (Å²) in [5.74, 6) is -3.05. The Kier molecular flexibility index (Phi) is 10.2. The van der Waals surface area contributed by atoms with Crippen molar-refractivity contribution in [2.75, 3.05) is 13.2 Å². The molecule has 44 heavy (non-hydrogen) atoms. The van der Waals surface area contributed by atoms with E-state index in [9.17, 15) is 18.4 Å².